The van der Waals surface area contributed by atoms with Crippen molar-refractivity contribution in [1.29, 1.82) is 0 Å². The van der Waals surface area contributed by atoms with Crippen LogP contribution >= 0.6 is 11.6 Å². The SMILES string of the molecule is O=C=NC(=O)c1ccccc1CCl. The van der Waals surface area contributed by atoms with Crippen LogP contribution in [-0.2, 0) is 10.7 Å². The number of nitrogens with zero attached hydrogens (tertiary/aromatic N) is 1. The van der Waals surface area contributed by atoms with Crippen LogP contribution in [0.2, 0.25) is 0 Å². The molecule has 0 spiro atoms. The van der Waals surface area contributed by atoms with Gasteiger partial charge in [-0.15, -0.1) is 16.6 Å². The fourth-order valence-corrected chi connectivity index (χ4v) is 1.18. The summed E-state index contributed by atoms with van der Waals surface area (Å²) >= 11 is 5.58. The van der Waals surface area contributed by atoms with Crippen LogP contribution in [0.15, 0.2) is 29.3 Å². The minimum atomic E-state index is -0.605. The van der Waals surface area contributed by atoms with E-state index in [-0.39, 0.29) is 5.88 Å². The number of alkyl halides is 1. The van der Waals surface area contributed by atoms with E-state index in [1.54, 1.807) is 24.3 Å². The van der Waals surface area contributed by atoms with Crippen LogP contribution < -0.4 is 0 Å². The number of carbonyl (C=O) groups is 1. The highest BCUT2D eigenvalue weighted by atomic mass is 35.5. The van der Waals surface area contributed by atoms with Crippen molar-refractivity contribution < 1.29 is 9.59 Å². The number of rotatable bonds is 2. The summed E-state index contributed by atoms with van der Waals surface area (Å²) in [5.41, 5.74) is 1.01. The summed E-state index contributed by atoms with van der Waals surface area (Å²) in [5, 5.41) is 0. The monoisotopic (exact) mass is 195 g/mol. The van der Waals surface area contributed by atoms with E-state index in [2.05, 4.69) is 4.99 Å². The van der Waals surface area contributed by atoms with Crippen molar-refractivity contribution in [3.63, 3.8) is 0 Å². The highest BCUT2D eigenvalue weighted by molar-refractivity contribution is 6.17. The topological polar surface area (TPSA) is 46.5 Å². The molecular formula is C9H6ClNO2. The molecule has 1 rings (SSSR count). The average molecular weight is 196 g/mol. The Morgan fingerprint density at radius 3 is 2.77 bits per heavy atom. The lowest BCUT2D eigenvalue weighted by Crippen LogP contribution is -1.98. The summed E-state index contributed by atoms with van der Waals surface area (Å²) in [6.07, 6.45) is 1.20. The first kappa shape index (κ1) is 9.65. The molecule has 66 valence electrons. The molecule has 4 heteroatoms. The van der Waals surface area contributed by atoms with Gasteiger partial charge in [0.1, 0.15) is 0 Å². The van der Waals surface area contributed by atoms with E-state index in [4.69, 9.17) is 11.6 Å². The Balaban J connectivity index is 3.12. The van der Waals surface area contributed by atoms with Crippen LogP contribution in [0.4, 0.5) is 0 Å². The van der Waals surface area contributed by atoms with Crippen molar-refractivity contribution >= 4 is 23.6 Å². The van der Waals surface area contributed by atoms with Crippen LogP contribution in [0.5, 0.6) is 0 Å². The zero-order valence-electron chi connectivity index (χ0n) is 6.66. The molecule has 0 aliphatic carbocycles. The first-order chi connectivity index (χ1) is 6.29. The fraction of sp³-hybridized carbons (Fsp3) is 0.111. The van der Waals surface area contributed by atoms with Crippen molar-refractivity contribution in [2.75, 3.05) is 0 Å². The summed E-state index contributed by atoms with van der Waals surface area (Å²) in [7, 11) is 0. The number of hydrogen-bond acceptors (Lipinski definition) is 2. The predicted molar refractivity (Wildman–Crippen MR) is 48.5 cm³/mol. The highest BCUT2D eigenvalue weighted by Crippen LogP contribution is 2.12. The third-order valence-corrected chi connectivity index (χ3v) is 1.83. The van der Waals surface area contributed by atoms with Gasteiger partial charge in [0.05, 0.1) is 0 Å². The second-order valence-electron chi connectivity index (χ2n) is 2.30. The van der Waals surface area contributed by atoms with E-state index in [0.29, 0.717) is 11.1 Å². The minimum Gasteiger partial charge on any atom is -0.266 e. The van der Waals surface area contributed by atoms with E-state index < -0.39 is 5.91 Å². The van der Waals surface area contributed by atoms with Gasteiger partial charge < -0.3 is 0 Å². The van der Waals surface area contributed by atoms with Gasteiger partial charge in [-0.2, -0.15) is 0 Å². The molecule has 1 amide bonds. The number of carbonyl (C=O) groups excluding carboxylic acids is 2. The summed E-state index contributed by atoms with van der Waals surface area (Å²) in [6, 6.07) is 6.73. The maximum atomic E-state index is 11.1. The van der Waals surface area contributed by atoms with Crippen molar-refractivity contribution in [2.24, 2.45) is 4.99 Å². The Kier molecular flexibility index (Phi) is 3.38. The molecule has 0 bridgehead atoms. The van der Waals surface area contributed by atoms with E-state index in [9.17, 15) is 9.59 Å². The molecule has 0 saturated carbocycles. The fourth-order valence-electron chi connectivity index (χ4n) is 0.947. The van der Waals surface area contributed by atoms with Gasteiger partial charge in [-0.25, -0.2) is 4.79 Å². The molecule has 0 aliphatic heterocycles. The average Bonchev–Trinajstić information content (AvgIpc) is 2.18. The molecule has 0 atom stereocenters. The van der Waals surface area contributed by atoms with Gasteiger partial charge in [0.2, 0.25) is 6.08 Å². The normalized spacial score (nSPS) is 9.00. The molecule has 0 unspecified atom stereocenters. The Bertz CT molecular complexity index is 370. The standard InChI is InChI=1S/C9H6ClNO2/c10-5-7-3-1-2-4-8(7)9(13)11-6-12/h1-4H,5H2. The molecule has 0 fully saturated rings. The summed E-state index contributed by atoms with van der Waals surface area (Å²) < 4.78 is 0. The first-order valence-electron chi connectivity index (χ1n) is 3.55. The number of amides is 1. The molecule has 0 radical (unpaired) electrons. The predicted octanol–water partition coefficient (Wildman–Crippen LogP) is 1.90. The van der Waals surface area contributed by atoms with Crippen LogP contribution in [0.3, 0.4) is 0 Å². The number of halogens is 1. The Hall–Kier alpha value is -1.44. The second-order valence-corrected chi connectivity index (χ2v) is 2.57. The third-order valence-electron chi connectivity index (χ3n) is 1.54. The molecule has 0 aliphatic rings. The van der Waals surface area contributed by atoms with Crippen molar-refractivity contribution in [3.05, 3.63) is 35.4 Å². The Morgan fingerprint density at radius 1 is 1.46 bits per heavy atom. The second kappa shape index (κ2) is 4.55. The summed E-state index contributed by atoms with van der Waals surface area (Å²) in [6.45, 7) is 0. The summed E-state index contributed by atoms with van der Waals surface area (Å²) in [4.78, 5) is 24.0. The Labute approximate surface area is 80.0 Å². The number of aliphatic imine (C=N–C) groups is 1. The maximum Gasteiger partial charge on any atom is 0.288 e. The Morgan fingerprint density at radius 2 is 2.15 bits per heavy atom. The number of isocyanates is 1. The molecule has 0 saturated heterocycles. The molecular weight excluding hydrogens is 190 g/mol. The lowest BCUT2D eigenvalue weighted by atomic mass is 10.1. The maximum absolute atomic E-state index is 11.1. The molecule has 1 aromatic rings. The molecule has 1 aromatic carbocycles. The van der Waals surface area contributed by atoms with Crippen LogP contribution in [0, 0.1) is 0 Å². The van der Waals surface area contributed by atoms with Crippen molar-refractivity contribution in [2.45, 2.75) is 5.88 Å². The number of benzene rings is 1. The molecule has 0 N–H and O–H groups in total. The highest BCUT2D eigenvalue weighted by Gasteiger charge is 2.07. The van der Waals surface area contributed by atoms with Crippen LogP contribution in [-0.4, -0.2) is 12.0 Å². The van der Waals surface area contributed by atoms with E-state index in [0.717, 1.165) is 0 Å². The van der Waals surface area contributed by atoms with Crippen LogP contribution in [0.1, 0.15) is 15.9 Å². The van der Waals surface area contributed by atoms with Gasteiger partial charge in [0, 0.05) is 11.4 Å². The molecule has 3 nitrogen and oxygen atoms in total. The smallest absolute Gasteiger partial charge is 0.266 e. The lowest BCUT2D eigenvalue weighted by molar-refractivity contribution is 0.100. The summed E-state index contributed by atoms with van der Waals surface area (Å²) in [5.74, 6) is -0.387. The van der Waals surface area contributed by atoms with Gasteiger partial charge >= 0.3 is 0 Å². The van der Waals surface area contributed by atoms with Gasteiger partial charge in [-0.05, 0) is 11.6 Å². The quantitative estimate of drug-likeness (QED) is 0.411. The molecule has 0 aromatic heterocycles. The third kappa shape index (κ3) is 2.25. The zero-order valence-corrected chi connectivity index (χ0v) is 7.41. The first-order valence-corrected chi connectivity index (χ1v) is 4.09. The van der Waals surface area contributed by atoms with E-state index in [1.807, 2.05) is 0 Å². The number of hydrogen-bond donors (Lipinski definition) is 0. The lowest BCUT2D eigenvalue weighted by Gasteiger charge is -1.99. The molecule has 13 heavy (non-hydrogen) atoms. The zero-order chi connectivity index (χ0) is 9.68. The largest absolute Gasteiger partial charge is 0.288 e. The minimum absolute atomic E-state index is 0.219. The van der Waals surface area contributed by atoms with Crippen molar-refractivity contribution in [1.82, 2.24) is 0 Å². The van der Waals surface area contributed by atoms with Gasteiger partial charge in [0.15, 0.2) is 0 Å². The van der Waals surface area contributed by atoms with Crippen molar-refractivity contribution in [3.8, 4) is 0 Å². The molecule has 0 heterocycles. The van der Waals surface area contributed by atoms with E-state index in [1.165, 1.54) is 6.08 Å². The van der Waals surface area contributed by atoms with Crippen LogP contribution in [0.25, 0.3) is 0 Å². The van der Waals surface area contributed by atoms with Gasteiger partial charge in [0.25, 0.3) is 5.91 Å². The van der Waals surface area contributed by atoms with Gasteiger partial charge in [-0.3, -0.25) is 4.79 Å². The van der Waals surface area contributed by atoms with Gasteiger partial charge in [-0.1, -0.05) is 18.2 Å². The van der Waals surface area contributed by atoms with E-state index >= 15 is 0 Å².